The maximum Gasteiger partial charge on any atom is 0.328 e. The normalized spacial score (nSPS) is 11.9. The zero-order valence-corrected chi connectivity index (χ0v) is 11.7. The summed E-state index contributed by atoms with van der Waals surface area (Å²) in [4.78, 5) is 23.2. The van der Waals surface area contributed by atoms with Gasteiger partial charge in [-0.1, -0.05) is 18.2 Å². The SMILES string of the molecule is CNCCc1ccccc1C(=O)NC(COC)C(=O)O. The van der Waals surface area contributed by atoms with E-state index in [-0.39, 0.29) is 6.61 Å². The quantitative estimate of drug-likeness (QED) is 0.636. The van der Waals surface area contributed by atoms with Crippen molar-refractivity contribution in [3.05, 3.63) is 35.4 Å². The Balaban J connectivity index is 2.82. The first-order valence-electron chi connectivity index (χ1n) is 6.35. The number of methoxy groups -OCH3 is 1. The van der Waals surface area contributed by atoms with Crippen LogP contribution >= 0.6 is 0 Å². The van der Waals surface area contributed by atoms with Crippen molar-refractivity contribution in [1.29, 1.82) is 0 Å². The van der Waals surface area contributed by atoms with Crippen LogP contribution in [0, 0.1) is 0 Å². The lowest BCUT2D eigenvalue weighted by Gasteiger charge is -2.15. The number of hydrogen-bond acceptors (Lipinski definition) is 4. The molecule has 1 aromatic rings. The van der Waals surface area contributed by atoms with E-state index in [4.69, 9.17) is 9.84 Å². The summed E-state index contributed by atoms with van der Waals surface area (Å²) in [5.74, 6) is -1.52. The number of amides is 1. The molecule has 1 atom stereocenters. The van der Waals surface area contributed by atoms with Gasteiger partial charge in [0.15, 0.2) is 6.04 Å². The summed E-state index contributed by atoms with van der Waals surface area (Å²) in [7, 11) is 3.23. The fourth-order valence-electron chi connectivity index (χ4n) is 1.80. The Bertz CT molecular complexity index is 462. The van der Waals surface area contributed by atoms with E-state index in [1.807, 2.05) is 19.2 Å². The number of ether oxygens (including phenoxy) is 1. The molecular weight excluding hydrogens is 260 g/mol. The summed E-state index contributed by atoms with van der Waals surface area (Å²) < 4.78 is 4.79. The van der Waals surface area contributed by atoms with Crippen LogP contribution in [0.3, 0.4) is 0 Å². The van der Waals surface area contributed by atoms with Crippen LogP contribution in [0.1, 0.15) is 15.9 Å². The minimum Gasteiger partial charge on any atom is -0.480 e. The van der Waals surface area contributed by atoms with Crippen molar-refractivity contribution in [2.75, 3.05) is 27.3 Å². The second-order valence-corrected chi connectivity index (χ2v) is 4.33. The molecule has 6 heteroatoms. The van der Waals surface area contributed by atoms with Crippen molar-refractivity contribution in [2.24, 2.45) is 0 Å². The summed E-state index contributed by atoms with van der Waals surface area (Å²) in [5, 5.41) is 14.5. The van der Waals surface area contributed by atoms with Crippen LogP contribution in [-0.2, 0) is 16.0 Å². The molecule has 0 saturated carbocycles. The molecule has 6 nitrogen and oxygen atoms in total. The van der Waals surface area contributed by atoms with Gasteiger partial charge >= 0.3 is 5.97 Å². The molecule has 1 rings (SSSR count). The van der Waals surface area contributed by atoms with Crippen LogP contribution in [-0.4, -0.2) is 50.3 Å². The number of hydrogen-bond donors (Lipinski definition) is 3. The highest BCUT2D eigenvalue weighted by atomic mass is 16.5. The lowest BCUT2D eigenvalue weighted by atomic mass is 10.0. The van der Waals surface area contributed by atoms with Crippen LogP contribution in [0.2, 0.25) is 0 Å². The van der Waals surface area contributed by atoms with Crippen LogP contribution < -0.4 is 10.6 Å². The lowest BCUT2D eigenvalue weighted by molar-refractivity contribution is -0.140. The Morgan fingerprint density at radius 3 is 2.65 bits per heavy atom. The predicted molar refractivity (Wildman–Crippen MR) is 74.8 cm³/mol. The monoisotopic (exact) mass is 280 g/mol. The molecule has 20 heavy (non-hydrogen) atoms. The maximum atomic E-state index is 12.2. The predicted octanol–water partition coefficient (Wildman–Crippen LogP) is 0.278. The second kappa shape index (κ2) is 8.29. The van der Waals surface area contributed by atoms with E-state index in [2.05, 4.69) is 10.6 Å². The third kappa shape index (κ3) is 4.64. The Morgan fingerprint density at radius 2 is 2.05 bits per heavy atom. The molecular formula is C14H20N2O4. The zero-order valence-electron chi connectivity index (χ0n) is 11.7. The topological polar surface area (TPSA) is 87.7 Å². The van der Waals surface area contributed by atoms with Gasteiger partial charge in [-0.05, 0) is 31.6 Å². The molecule has 0 aliphatic carbocycles. The number of rotatable bonds is 8. The summed E-state index contributed by atoms with van der Waals surface area (Å²) in [6, 6.07) is 6.10. The van der Waals surface area contributed by atoms with Gasteiger partial charge in [-0.15, -0.1) is 0 Å². The molecule has 1 amide bonds. The van der Waals surface area contributed by atoms with Crippen molar-refractivity contribution >= 4 is 11.9 Å². The van der Waals surface area contributed by atoms with Gasteiger partial charge in [-0.2, -0.15) is 0 Å². The first-order valence-corrected chi connectivity index (χ1v) is 6.35. The Morgan fingerprint density at radius 1 is 1.35 bits per heavy atom. The second-order valence-electron chi connectivity index (χ2n) is 4.33. The first-order chi connectivity index (χ1) is 9.60. The highest BCUT2D eigenvalue weighted by Crippen LogP contribution is 2.09. The number of carboxylic acid groups (broad SMARTS) is 1. The average molecular weight is 280 g/mol. The number of carbonyl (C=O) groups is 2. The Kier molecular flexibility index (Phi) is 6.69. The average Bonchev–Trinajstić information content (AvgIpc) is 2.44. The third-order valence-corrected chi connectivity index (χ3v) is 2.84. The van der Waals surface area contributed by atoms with Crippen molar-refractivity contribution in [2.45, 2.75) is 12.5 Å². The van der Waals surface area contributed by atoms with E-state index in [0.29, 0.717) is 12.0 Å². The largest absolute Gasteiger partial charge is 0.480 e. The fourth-order valence-corrected chi connectivity index (χ4v) is 1.80. The summed E-state index contributed by atoms with van der Waals surface area (Å²) in [6.07, 6.45) is 0.697. The van der Waals surface area contributed by atoms with Crippen molar-refractivity contribution in [1.82, 2.24) is 10.6 Å². The lowest BCUT2D eigenvalue weighted by Crippen LogP contribution is -2.44. The summed E-state index contributed by atoms with van der Waals surface area (Å²) in [6.45, 7) is 0.671. The number of nitrogens with one attached hydrogen (secondary N) is 2. The molecule has 0 radical (unpaired) electrons. The van der Waals surface area contributed by atoms with Crippen LogP contribution in [0.4, 0.5) is 0 Å². The zero-order chi connectivity index (χ0) is 15.0. The number of carbonyl (C=O) groups excluding carboxylic acids is 1. The van der Waals surface area contributed by atoms with E-state index in [1.165, 1.54) is 7.11 Å². The van der Waals surface area contributed by atoms with Gasteiger partial charge in [0, 0.05) is 12.7 Å². The molecule has 3 N–H and O–H groups in total. The van der Waals surface area contributed by atoms with E-state index >= 15 is 0 Å². The minimum absolute atomic E-state index is 0.0697. The van der Waals surface area contributed by atoms with Gasteiger partial charge in [0.05, 0.1) is 6.61 Å². The number of likely N-dealkylation sites (N-methyl/N-ethyl adjacent to an activating group) is 1. The van der Waals surface area contributed by atoms with E-state index in [1.54, 1.807) is 12.1 Å². The van der Waals surface area contributed by atoms with E-state index in [9.17, 15) is 9.59 Å². The van der Waals surface area contributed by atoms with E-state index in [0.717, 1.165) is 12.1 Å². The van der Waals surface area contributed by atoms with Gasteiger partial charge < -0.3 is 20.5 Å². The first kappa shape index (κ1) is 16.1. The van der Waals surface area contributed by atoms with Crippen molar-refractivity contribution in [3.8, 4) is 0 Å². The van der Waals surface area contributed by atoms with Crippen LogP contribution in [0.25, 0.3) is 0 Å². The highest BCUT2D eigenvalue weighted by Gasteiger charge is 2.21. The minimum atomic E-state index is -1.12. The molecule has 0 spiro atoms. The molecule has 0 fully saturated rings. The molecule has 1 unspecified atom stereocenters. The van der Waals surface area contributed by atoms with Gasteiger partial charge in [-0.25, -0.2) is 4.79 Å². The molecule has 110 valence electrons. The summed E-state index contributed by atoms with van der Waals surface area (Å²) in [5.41, 5.74) is 1.37. The smallest absolute Gasteiger partial charge is 0.328 e. The third-order valence-electron chi connectivity index (χ3n) is 2.84. The number of carboxylic acids is 1. The number of aliphatic carboxylic acids is 1. The van der Waals surface area contributed by atoms with Gasteiger partial charge in [-0.3, -0.25) is 4.79 Å². The Labute approximate surface area is 118 Å². The van der Waals surface area contributed by atoms with Crippen LogP contribution in [0.5, 0.6) is 0 Å². The molecule has 0 aliphatic rings. The number of benzene rings is 1. The highest BCUT2D eigenvalue weighted by molar-refractivity contribution is 5.97. The fraction of sp³-hybridized carbons (Fsp3) is 0.429. The molecule has 0 aliphatic heterocycles. The van der Waals surface area contributed by atoms with Crippen molar-refractivity contribution in [3.63, 3.8) is 0 Å². The molecule has 0 bridgehead atoms. The summed E-state index contributed by atoms with van der Waals surface area (Å²) >= 11 is 0. The standard InChI is InChI=1S/C14H20N2O4/c1-15-8-7-10-5-3-4-6-11(10)13(17)16-12(9-20-2)14(18)19/h3-6,12,15H,7-9H2,1-2H3,(H,16,17)(H,18,19). The van der Waals surface area contributed by atoms with Gasteiger partial charge in [0.1, 0.15) is 0 Å². The van der Waals surface area contributed by atoms with Gasteiger partial charge in [0.2, 0.25) is 0 Å². The molecule has 1 aromatic carbocycles. The van der Waals surface area contributed by atoms with Gasteiger partial charge in [0.25, 0.3) is 5.91 Å². The Hall–Kier alpha value is -1.92. The van der Waals surface area contributed by atoms with Crippen molar-refractivity contribution < 1.29 is 19.4 Å². The molecule has 0 heterocycles. The molecule has 0 saturated heterocycles. The van der Waals surface area contributed by atoms with E-state index < -0.39 is 17.9 Å². The van der Waals surface area contributed by atoms with Crippen LogP contribution in [0.15, 0.2) is 24.3 Å². The maximum absolute atomic E-state index is 12.2. The molecule has 0 aromatic heterocycles.